The van der Waals surface area contributed by atoms with Crippen LogP contribution in [0.5, 0.6) is 5.75 Å². The Morgan fingerprint density at radius 3 is 2.68 bits per heavy atom. The Balaban J connectivity index is 1.26. The van der Waals surface area contributed by atoms with Gasteiger partial charge in [0.05, 0.1) is 18.8 Å². The van der Waals surface area contributed by atoms with Gasteiger partial charge in [-0.05, 0) is 79.3 Å². The Bertz CT molecular complexity index is 1390. The van der Waals surface area contributed by atoms with Crippen molar-refractivity contribution >= 4 is 16.7 Å². The molecule has 0 saturated carbocycles. The van der Waals surface area contributed by atoms with Gasteiger partial charge >= 0.3 is 5.97 Å². The third kappa shape index (κ3) is 5.40. The van der Waals surface area contributed by atoms with Crippen LogP contribution in [0.1, 0.15) is 70.8 Å². The van der Waals surface area contributed by atoms with Crippen LogP contribution in [0.3, 0.4) is 0 Å². The van der Waals surface area contributed by atoms with Crippen molar-refractivity contribution in [3.8, 4) is 5.75 Å². The zero-order valence-corrected chi connectivity index (χ0v) is 21.9. The Kier molecular flexibility index (Phi) is 7.57. The topological polar surface area (TPSA) is 47.6 Å². The second-order valence-electron chi connectivity index (χ2n) is 10.0. The monoisotopic (exact) mass is 493 g/mol. The van der Waals surface area contributed by atoms with Gasteiger partial charge in [0, 0.05) is 17.5 Å². The first-order valence-corrected chi connectivity index (χ1v) is 13.2. The van der Waals surface area contributed by atoms with Crippen LogP contribution in [0, 0.1) is 6.92 Å². The van der Waals surface area contributed by atoms with Crippen LogP contribution in [0.4, 0.5) is 0 Å². The van der Waals surface area contributed by atoms with Gasteiger partial charge in [-0.1, -0.05) is 72.8 Å². The minimum Gasteiger partial charge on any atom is -0.490 e. The smallest absolute Gasteiger partial charge is 0.338 e. The van der Waals surface area contributed by atoms with Crippen LogP contribution in [0.15, 0.2) is 84.9 Å². The first kappa shape index (κ1) is 25.0. The minimum absolute atomic E-state index is 0.123. The molecule has 37 heavy (non-hydrogen) atoms. The first-order chi connectivity index (χ1) is 18.0. The molecule has 1 heterocycles. The fraction of sp³-hybridized carbons (Fsp3) is 0.303. The number of carbonyl (C=O) groups is 1. The average molecular weight is 494 g/mol. The van der Waals surface area contributed by atoms with E-state index in [0.29, 0.717) is 5.56 Å². The zero-order chi connectivity index (χ0) is 25.8. The van der Waals surface area contributed by atoms with Crippen molar-refractivity contribution in [3.63, 3.8) is 0 Å². The number of hydrogen-bond donors (Lipinski definition) is 1. The predicted molar refractivity (Wildman–Crippen MR) is 149 cm³/mol. The molecule has 0 fully saturated rings. The van der Waals surface area contributed by atoms with Gasteiger partial charge in [-0.25, -0.2) is 4.79 Å². The molecule has 3 atom stereocenters. The number of hydrogen-bond acceptors (Lipinski definition) is 4. The lowest BCUT2D eigenvalue weighted by atomic mass is 9.82. The van der Waals surface area contributed by atoms with Gasteiger partial charge in [-0.2, -0.15) is 0 Å². The number of carbonyl (C=O) groups excluding carboxylic acids is 1. The third-order valence-corrected chi connectivity index (χ3v) is 7.60. The minimum atomic E-state index is -0.289. The average Bonchev–Trinajstić information content (AvgIpc) is 2.94. The van der Waals surface area contributed by atoms with Crippen LogP contribution < -0.4 is 10.1 Å². The van der Waals surface area contributed by atoms with E-state index in [2.05, 4.69) is 79.0 Å². The van der Waals surface area contributed by atoms with Crippen LogP contribution in [-0.2, 0) is 4.74 Å². The molecular weight excluding hydrogens is 458 g/mol. The number of benzene rings is 4. The van der Waals surface area contributed by atoms with Crippen molar-refractivity contribution in [1.82, 2.24) is 5.32 Å². The molecule has 4 nitrogen and oxygen atoms in total. The number of ether oxygens (including phenoxy) is 2. The number of methoxy groups -OCH3 is 1. The van der Waals surface area contributed by atoms with Gasteiger partial charge in [-0.15, -0.1) is 0 Å². The summed E-state index contributed by atoms with van der Waals surface area (Å²) in [7, 11) is 1.43. The van der Waals surface area contributed by atoms with Gasteiger partial charge in [0.2, 0.25) is 0 Å². The van der Waals surface area contributed by atoms with E-state index in [4.69, 9.17) is 9.47 Å². The van der Waals surface area contributed by atoms with Crippen LogP contribution >= 0.6 is 0 Å². The summed E-state index contributed by atoms with van der Waals surface area (Å²) in [5.41, 5.74) is 5.21. The van der Waals surface area contributed by atoms with E-state index >= 15 is 0 Å². The molecule has 0 aliphatic carbocycles. The number of esters is 1. The molecule has 0 spiro atoms. The third-order valence-electron chi connectivity index (χ3n) is 7.60. The molecule has 0 aromatic heterocycles. The second-order valence-corrected chi connectivity index (χ2v) is 10.0. The molecule has 4 aromatic rings. The second kappa shape index (κ2) is 11.2. The van der Waals surface area contributed by atoms with Gasteiger partial charge in [0.15, 0.2) is 0 Å². The van der Waals surface area contributed by atoms with Crippen LogP contribution in [0.2, 0.25) is 0 Å². The van der Waals surface area contributed by atoms with E-state index in [9.17, 15) is 4.79 Å². The van der Waals surface area contributed by atoms with E-state index in [0.717, 1.165) is 42.7 Å². The highest BCUT2D eigenvalue weighted by molar-refractivity contribution is 5.91. The van der Waals surface area contributed by atoms with E-state index in [1.807, 2.05) is 25.1 Å². The summed E-state index contributed by atoms with van der Waals surface area (Å²) in [6.07, 6.45) is 3.00. The standard InChI is InChI=1S/C33H35NO3/c1-22-17-18-25(20-30(22)33(35)36-3)31-21-26(37-32-16-7-6-14-29(31)32)12-9-19-34-23(2)27-15-8-11-24-10-4-5-13-28(24)27/h4-8,10-11,13-18,20,23,26,31,34H,9,12,19,21H2,1-3H3/t23-,26+,31+/m1/s1. The van der Waals surface area contributed by atoms with Crippen molar-refractivity contribution in [1.29, 1.82) is 0 Å². The molecule has 1 aliphatic rings. The maximum atomic E-state index is 12.3. The van der Waals surface area contributed by atoms with Crippen molar-refractivity contribution in [3.05, 3.63) is 113 Å². The largest absolute Gasteiger partial charge is 0.490 e. The quantitative estimate of drug-likeness (QED) is 0.206. The van der Waals surface area contributed by atoms with Crippen LogP contribution in [0.25, 0.3) is 10.8 Å². The summed E-state index contributed by atoms with van der Waals surface area (Å²) in [4.78, 5) is 12.3. The molecule has 4 aromatic carbocycles. The summed E-state index contributed by atoms with van der Waals surface area (Å²) in [5.74, 6) is 0.838. The maximum Gasteiger partial charge on any atom is 0.338 e. The fourth-order valence-electron chi connectivity index (χ4n) is 5.56. The number of nitrogens with one attached hydrogen (secondary N) is 1. The lowest BCUT2D eigenvalue weighted by Gasteiger charge is -2.33. The summed E-state index contributed by atoms with van der Waals surface area (Å²) < 4.78 is 11.5. The Morgan fingerprint density at radius 2 is 1.81 bits per heavy atom. The predicted octanol–water partition coefficient (Wildman–Crippen LogP) is 7.35. The number of fused-ring (bicyclic) bond motifs is 2. The number of rotatable bonds is 8. The summed E-state index contributed by atoms with van der Waals surface area (Å²) in [6.45, 7) is 5.11. The summed E-state index contributed by atoms with van der Waals surface area (Å²) in [5, 5.41) is 6.31. The van der Waals surface area contributed by atoms with Gasteiger partial charge in [0.1, 0.15) is 5.75 Å². The van der Waals surface area contributed by atoms with Crippen molar-refractivity contribution in [2.75, 3.05) is 13.7 Å². The lowest BCUT2D eigenvalue weighted by Crippen LogP contribution is -2.28. The van der Waals surface area contributed by atoms with Gasteiger partial charge in [-0.3, -0.25) is 0 Å². The summed E-state index contributed by atoms with van der Waals surface area (Å²) >= 11 is 0. The zero-order valence-electron chi connectivity index (χ0n) is 21.9. The number of aryl methyl sites for hydroxylation is 1. The Morgan fingerprint density at radius 1 is 1.03 bits per heavy atom. The van der Waals surface area contributed by atoms with E-state index in [-0.39, 0.29) is 24.0 Å². The Labute approximate surface area is 219 Å². The molecule has 0 bridgehead atoms. The van der Waals surface area contributed by atoms with E-state index in [1.54, 1.807) is 0 Å². The maximum absolute atomic E-state index is 12.3. The molecule has 1 aliphatic heterocycles. The van der Waals surface area contributed by atoms with E-state index < -0.39 is 0 Å². The first-order valence-electron chi connectivity index (χ1n) is 13.2. The highest BCUT2D eigenvalue weighted by Gasteiger charge is 2.29. The van der Waals surface area contributed by atoms with E-state index in [1.165, 1.54) is 29.0 Å². The van der Waals surface area contributed by atoms with Crippen LogP contribution in [-0.4, -0.2) is 25.7 Å². The highest BCUT2D eigenvalue weighted by Crippen LogP contribution is 2.41. The lowest BCUT2D eigenvalue weighted by molar-refractivity contribution is 0.0599. The SMILES string of the molecule is COC(=O)c1cc([C@@H]2C[C@H](CCCN[C@H](C)c3cccc4ccccc34)Oc3ccccc32)ccc1C. The highest BCUT2D eigenvalue weighted by atomic mass is 16.5. The molecule has 0 radical (unpaired) electrons. The molecule has 1 N–H and O–H groups in total. The van der Waals surface area contributed by atoms with Crippen molar-refractivity contribution in [2.24, 2.45) is 0 Å². The summed E-state index contributed by atoms with van der Waals surface area (Å²) in [6, 6.07) is 29.8. The molecule has 0 amide bonds. The molecule has 5 rings (SSSR count). The van der Waals surface area contributed by atoms with Crippen molar-refractivity contribution in [2.45, 2.75) is 51.2 Å². The molecule has 4 heteroatoms. The Hall–Kier alpha value is -3.63. The number of para-hydroxylation sites is 1. The molecule has 0 unspecified atom stereocenters. The van der Waals surface area contributed by atoms with Gasteiger partial charge in [0.25, 0.3) is 0 Å². The molecule has 190 valence electrons. The fourth-order valence-corrected chi connectivity index (χ4v) is 5.56. The molecule has 0 saturated heterocycles. The molecular formula is C33H35NO3. The van der Waals surface area contributed by atoms with Crippen molar-refractivity contribution < 1.29 is 14.3 Å². The normalized spacial score (nSPS) is 17.6. The van der Waals surface area contributed by atoms with Gasteiger partial charge < -0.3 is 14.8 Å².